The number of amidine groups is 1. The maximum Gasteiger partial charge on any atom is 0.335 e. The van der Waals surface area contributed by atoms with E-state index >= 15 is 0 Å². The highest BCUT2D eigenvalue weighted by Crippen LogP contribution is 2.37. The van der Waals surface area contributed by atoms with Crippen molar-refractivity contribution in [3.8, 4) is 0 Å². The molecule has 28 heavy (non-hydrogen) atoms. The number of hydrogen-bond acceptors (Lipinski definition) is 4. The van der Waals surface area contributed by atoms with Crippen LogP contribution in [0.5, 0.6) is 0 Å². The standard InChI is InChI=1S/C21H17ClN2O3S/c1-3-11-24-19(25)18(13(2)14-7-9-16(22)10-8-14)28-21(24)23-17-6-4-5-15(12-17)20(26)27/h3-10,12H,1,11H2,2H3,(H,26,27)/b18-13-,23-21?. The molecular weight excluding hydrogens is 396 g/mol. The molecule has 2 aromatic rings. The summed E-state index contributed by atoms with van der Waals surface area (Å²) in [5, 5.41) is 10.3. The Morgan fingerprint density at radius 1 is 1.25 bits per heavy atom. The van der Waals surface area contributed by atoms with E-state index < -0.39 is 5.97 Å². The number of carbonyl (C=O) groups is 2. The van der Waals surface area contributed by atoms with Crippen molar-refractivity contribution in [2.24, 2.45) is 4.99 Å². The van der Waals surface area contributed by atoms with Gasteiger partial charge in [0.1, 0.15) is 0 Å². The van der Waals surface area contributed by atoms with Crippen molar-refractivity contribution in [1.82, 2.24) is 4.90 Å². The van der Waals surface area contributed by atoms with E-state index in [4.69, 9.17) is 16.7 Å². The fourth-order valence-corrected chi connectivity index (χ4v) is 3.86. The van der Waals surface area contributed by atoms with Gasteiger partial charge in [0.2, 0.25) is 0 Å². The Morgan fingerprint density at radius 2 is 1.96 bits per heavy atom. The summed E-state index contributed by atoms with van der Waals surface area (Å²) in [6.45, 7) is 5.89. The number of rotatable bonds is 5. The second kappa shape index (κ2) is 8.46. The van der Waals surface area contributed by atoms with Crippen LogP contribution in [-0.4, -0.2) is 33.6 Å². The molecule has 2 aromatic carbocycles. The van der Waals surface area contributed by atoms with Crippen molar-refractivity contribution >= 4 is 51.7 Å². The molecule has 1 amide bonds. The van der Waals surface area contributed by atoms with Gasteiger partial charge in [0.05, 0.1) is 16.2 Å². The van der Waals surface area contributed by atoms with Gasteiger partial charge in [-0.25, -0.2) is 9.79 Å². The number of thioether (sulfide) groups is 1. The average molecular weight is 413 g/mol. The Balaban J connectivity index is 2.02. The van der Waals surface area contributed by atoms with Gasteiger partial charge in [-0.15, -0.1) is 6.58 Å². The molecule has 0 aliphatic carbocycles. The third-order valence-corrected chi connectivity index (χ3v) is 5.54. The number of carboxylic acids is 1. The van der Waals surface area contributed by atoms with Crippen LogP contribution in [0.25, 0.3) is 5.57 Å². The number of amides is 1. The van der Waals surface area contributed by atoms with E-state index in [0.717, 1.165) is 11.1 Å². The van der Waals surface area contributed by atoms with Gasteiger partial charge >= 0.3 is 5.97 Å². The lowest BCUT2D eigenvalue weighted by molar-refractivity contribution is -0.121. The Hall–Kier alpha value is -2.83. The van der Waals surface area contributed by atoms with Crippen LogP contribution < -0.4 is 0 Å². The summed E-state index contributed by atoms with van der Waals surface area (Å²) in [7, 11) is 0. The van der Waals surface area contributed by atoms with Crippen molar-refractivity contribution in [2.45, 2.75) is 6.92 Å². The van der Waals surface area contributed by atoms with Crippen molar-refractivity contribution in [1.29, 1.82) is 0 Å². The molecule has 0 atom stereocenters. The first-order valence-electron chi connectivity index (χ1n) is 8.40. The summed E-state index contributed by atoms with van der Waals surface area (Å²) in [6, 6.07) is 13.6. The summed E-state index contributed by atoms with van der Waals surface area (Å²) >= 11 is 7.21. The third kappa shape index (κ3) is 4.18. The number of hydrogen-bond donors (Lipinski definition) is 1. The van der Waals surface area contributed by atoms with E-state index in [1.807, 2.05) is 19.1 Å². The largest absolute Gasteiger partial charge is 0.478 e. The van der Waals surface area contributed by atoms with Gasteiger partial charge < -0.3 is 5.11 Å². The van der Waals surface area contributed by atoms with Gasteiger partial charge in [-0.05, 0) is 60.2 Å². The lowest BCUT2D eigenvalue weighted by atomic mass is 10.1. The zero-order chi connectivity index (χ0) is 20.3. The van der Waals surface area contributed by atoms with Gasteiger partial charge in [0, 0.05) is 11.6 Å². The van der Waals surface area contributed by atoms with Gasteiger partial charge in [0.15, 0.2) is 5.17 Å². The van der Waals surface area contributed by atoms with Crippen molar-refractivity contribution in [3.63, 3.8) is 0 Å². The molecule has 1 aliphatic rings. The maximum absolute atomic E-state index is 13.0. The lowest BCUT2D eigenvalue weighted by Crippen LogP contribution is -2.29. The minimum atomic E-state index is -1.03. The second-order valence-electron chi connectivity index (χ2n) is 6.02. The summed E-state index contributed by atoms with van der Waals surface area (Å²) in [4.78, 5) is 30.7. The second-order valence-corrected chi connectivity index (χ2v) is 7.43. The molecule has 5 nitrogen and oxygen atoms in total. The van der Waals surface area contributed by atoms with Gasteiger partial charge in [-0.1, -0.05) is 35.9 Å². The van der Waals surface area contributed by atoms with Crippen LogP contribution in [-0.2, 0) is 4.79 Å². The van der Waals surface area contributed by atoms with E-state index in [1.165, 1.54) is 28.8 Å². The Labute approximate surface area is 172 Å². The summed E-state index contributed by atoms with van der Waals surface area (Å²) < 4.78 is 0. The van der Waals surface area contributed by atoms with Crippen LogP contribution in [0.1, 0.15) is 22.8 Å². The van der Waals surface area contributed by atoms with Gasteiger partial charge in [-0.3, -0.25) is 9.69 Å². The average Bonchev–Trinajstić information content (AvgIpc) is 2.98. The number of aromatic carboxylic acids is 1. The molecule has 0 radical (unpaired) electrons. The molecule has 1 heterocycles. The number of halogens is 1. The predicted molar refractivity (Wildman–Crippen MR) is 114 cm³/mol. The number of allylic oxidation sites excluding steroid dienone is 1. The highest BCUT2D eigenvalue weighted by atomic mass is 35.5. The highest BCUT2D eigenvalue weighted by molar-refractivity contribution is 8.18. The quantitative estimate of drug-likeness (QED) is 0.540. The molecular formula is C21H17ClN2O3S. The Kier molecular flexibility index (Phi) is 6.02. The van der Waals surface area contributed by atoms with E-state index in [-0.39, 0.29) is 11.5 Å². The minimum Gasteiger partial charge on any atom is -0.478 e. The monoisotopic (exact) mass is 412 g/mol. The van der Waals surface area contributed by atoms with Crippen LogP contribution in [0.2, 0.25) is 5.02 Å². The number of benzene rings is 2. The topological polar surface area (TPSA) is 70.0 Å². The third-order valence-electron chi connectivity index (χ3n) is 4.11. The number of carbonyl (C=O) groups excluding carboxylic acids is 1. The molecule has 0 spiro atoms. The van der Waals surface area contributed by atoms with E-state index in [1.54, 1.807) is 30.3 Å². The van der Waals surface area contributed by atoms with Gasteiger partial charge in [0.25, 0.3) is 5.91 Å². The molecule has 7 heteroatoms. The molecule has 0 saturated carbocycles. The smallest absolute Gasteiger partial charge is 0.335 e. The lowest BCUT2D eigenvalue weighted by Gasteiger charge is -2.12. The molecule has 0 bridgehead atoms. The minimum absolute atomic E-state index is 0.138. The number of nitrogens with zero attached hydrogens (tertiary/aromatic N) is 2. The fourth-order valence-electron chi connectivity index (χ4n) is 2.66. The van der Waals surface area contributed by atoms with Crippen LogP contribution in [0.3, 0.4) is 0 Å². The maximum atomic E-state index is 13.0. The Morgan fingerprint density at radius 3 is 2.61 bits per heavy atom. The SMILES string of the molecule is C=CCN1C(=O)/C(=C(\C)c2ccc(Cl)cc2)SC1=Nc1cccc(C(=O)O)c1. The number of carboxylic acid groups (broad SMARTS) is 1. The molecule has 0 unspecified atom stereocenters. The summed E-state index contributed by atoms with van der Waals surface area (Å²) in [5.74, 6) is -1.19. The first kappa shape index (κ1) is 19.9. The van der Waals surface area contributed by atoms with Crippen molar-refractivity contribution in [3.05, 3.63) is 82.2 Å². The first-order valence-corrected chi connectivity index (χ1v) is 9.59. The Bertz CT molecular complexity index is 1010. The number of aliphatic imine (C=N–C) groups is 1. The molecule has 142 valence electrons. The fraction of sp³-hybridized carbons (Fsp3) is 0.0952. The highest BCUT2D eigenvalue weighted by Gasteiger charge is 2.34. The van der Waals surface area contributed by atoms with E-state index in [2.05, 4.69) is 11.6 Å². The first-order chi connectivity index (χ1) is 13.4. The predicted octanol–water partition coefficient (Wildman–Crippen LogP) is 5.22. The molecule has 1 saturated heterocycles. The van der Waals surface area contributed by atoms with Crippen LogP contribution in [0.15, 0.2) is 71.1 Å². The van der Waals surface area contributed by atoms with Crippen LogP contribution in [0, 0.1) is 0 Å². The molecule has 1 fully saturated rings. The molecule has 0 aromatic heterocycles. The van der Waals surface area contributed by atoms with Crippen LogP contribution >= 0.6 is 23.4 Å². The normalized spacial score (nSPS) is 17.1. The van der Waals surface area contributed by atoms with E-state index in [9.17, 15) is 9.59 Å². The van der Waals surface area contributed by atoms with Gasteiger partial charge in [-0.2, -0.15) is 0 Å². The summed E-state index contributed by atoms with van der Waals surface area (Å²) in [5.41, 5.74) is 2.33. The van der Waals surface area contributed by atoms with Crippen molar-refractivity contribution < 1.29 is 14.7 Å². The molecule has 1 N–H and O–H groups in total. The zero-order valence-electron chi connectivity index (χ0n) is 15.1. The molecule has 3 rings (SSSR count). The van der Waals surface area contributed by atoms with Crippen molar-refractivity contribution in [2.75, 3.05) is 6.54 Å². The zero-order valence-corrected chi connectivity index (χ0v) is 16.6. The van der Waals surface area contributed by atoms with E-state index in [0.29, 0.717) is 27.3 Å². The molecule has 1 aliphatic heterocycles. The summed E-state index contributed by atoms with van der Waals surface area (Å²) in [6.07, 6.45) is 1.63. The van der Waals surface area contributed by atoms with Crippen LogP contribution in [0.4, 0.5) is 5.69 Å².